The van der Waals surface area contributed by atoms with E-state index in [0.29, 0.717) is 5.82 Å². The molecule has 0 spiro atoms. The third kappa shape index (κ3) is 1.97. The minimum Gasteiger partial charge on any atom is -0.360 e. The number of carbonyl (C=O) groups excluding carboxylic acids is 1. The van der Waals surface area contributed by atoms with Crippen molar-refractivity contribution in [3.8, 4) is 0 Å². The Hall–Kier alpha value is -1.32. The summed E-state index contributed by atoms with van der Waals surface area (Å²) < 4.78 is 5.04. The molecule has 0 saturated heterocycles. The van der Waals surface area contributed by atoms with Gasteiger partial charge in [-0.15, -0.1) is 0 Å². The van der Waals surface area contributed by atoms with E-state index in [2.05, 4.69) is 10.5 Å². The van der Waals surface area contributed by atoms with Crippen LogP contribution in [0.15, 0.2) is 10.6 Å². The summed E-state index contributed by atoms with van der Waals surface area (Å²) in [6.45, 7) is 1.85. The first-order chi connectivity index (χ1) is 9.63. The Morgan fingerprint density at radius 2 is 1.90 bits per heavy atom. The second kappa shape index (κ2) is 4.34. The van der Waals surface area contributed by atoms with E-state index in [-0.39, 0.29) is 11.3 Å². The average molecular weight is 274 g/mol. The van der Waals surface area contributed by atoms with Gasteiger partial charge in [0.15, 0.2) is 5.82 Å². The van der Waals surface area contributed by atoms with Crippen molar-refractivity contribution >= 4 is 11.7 Å². The fraction of sp³-hybridized carbons (Fsp3) is 0.750. The number of hydrogen-bond acceptors (Lipinski definition) is 3. The number of anilines is 1. The van der Waals surface area contributed by atoms with Crippen molar-refractivity contribution in [3.63, 3.8) is 0 Å². The molecule has 1 heterocycles. The highest BCUT2D eigenvalue weighted by molar-refractivity contribution is 5.94. The zero-order valence-electron chi connectivity index (χ0n) is 12.0. The van der Waals surface area contributed by atoms with Gasteiger partial charge in [0.2, 0.25) is 5.91 Å². The predicted molar refractivity (Wildman–Crippen MR) is 75.1 cm³/mol. The second-order valence-electron chi connectivity index (χ2n) is 7.32. The van der Waals surface area contributed by atoms with Gasteiger partial charge in [-0.05, 0) is 56.8 Å². The molecule has 4 atom stereocenters. The molecule has 4 nitrogen and oxygen atoms in total. The number of fused-ring (bicyclic) bond motifs is 1. The van der Waals surface area contributed by atoms with E-state index in [1.54, 1.807) is 6.07 Å². The second-order valence-corrected chi connectivity index (χ2v) is 7.32. The van der Waals surface area contributed by atoms with E-state index in [9.17, 15) is 4.79 Å². The number of aromatic nitrogens is 1. The Labute approximate surface area is 119 Å². The molecule has 1 N–H and O–H groups in total. The van der Waals surface area contributed by atoms with Crippen LogP contribution >= 0.6 is 0 Å². The molecule has 2 unspecified atom stereocenters. The molecule has 20 heavy (non-hydrogen) atoms. The number of amides is 1. The number of nitrogens with zero attached hydrogens (tertiary/aromatic N) is 1. The van der Waals surface area contributed by atoms with Crippen molar-refractivity contribution < 1.29 is 9.32 Å². The Morgan fingerprint density at radius 1 is 1.25 bits per heavy atom. The predicted octanol–water partition coefficient (Wildman–Crippen LogP) is 3.53. The number of hydrogen-bond donors (Lipinski definition) is 1. The number of carbonyl (C=O) groups is 1. The maximum Gasteiger partial charge on any atom is 0.231 e. The lowest BCUT2D eigenvalue weighted by atomic mass is 9.58. The van der Waals surface area contributed by atoms with E-state index in [1.165, 1.54) is 25.7 Å². The molecule has 0 aromatic carbocycles. The van der Waals surface area contributed by atoms with E-state index in [4.69, 9.17) is 4.52 Å². The van der Waals surface area contributed by atoms with Crippen molar-refractivity contribution in [2.75, 3.05) is 5.32 Å². The molecule has 108 valence electrons. The van der Waals surface area contributed by atoms with E-state index in [1.807, 2.05) is 6.92 Å². The van der Waals surface area contributed by atoms with Crippen LogP contribution in [0.4, 0.5) is 5.82 Å². The fourth-order valence-electron chi connectivity index (χ4n) is 5.14. The summed E-state index contributed by atoms with van der Waals surface area (Å²) >= 11 is 0. The number of nitrogens with one attached hydrogen (secondary N) is 1. The minimum atomic E-state index is -0.125. The standard InChI is InChI=1S/C16H22N2O2/c1-10-4-14(18-20-10)17-15(19)16-7-11-2-3-12(8-16)6-13(5-11)9-16/h4,11-13H,2-3,5-9H2,1H3,(H,17,18,19)/t11-,12+,13?,16?. The van der Waals surface area contributed by atoms with Gasteiger partial charge in [0.1, 0.15) is 5.76 Å². The van der Waals surface area contributed by atoms with Crippen molar-refractivity contribution in [1.82, 2.24) is 5.16 Å². The molecular weight excluding hydrogens is 252 g/mol. The molecule has 4 fully saturated rings. The van der Waals surface area contributed by atoms with Crippen LogP contribution in [0.5, 0.6) is 0 Å². The van der Waals surface area contributed by atoms with Crippen LogP contribution in [-0.4, -0.2) is 11.1 Å². The molecule has 4 bridgehead atoms. The monoisotopic (exact) mass is 274 g/mol. The first kappa shape index (κ1) is 12.4. The highest BCUT2D eigenvalue weighted by Crippen LogP contribution is 2.58. The molecular formula is C16H22N2O2. The Balaban J connectivity index is 1.58. The molecule has 4 saturated carbocycles. The van der Waals surface area contributed by atoms with Crippen molar-refractivity contribution in [1.29, 1.82) is 0 Å². The molecule has 1 aromatic rings. The molecule has 1 amide bonds. The number of rotatable bonds is 2. The highest BCUT2D eigenvalue weighted by atomic mass is 16.5. The normalized spacial score (nSPS) is 38.8. The molecule has 4 aliphatic carbocycles. The summed E-state index contributed by atoms with van der Waals surface area (Å²) in [6.07, 6.45) is 8.63. The summed E-state index contributed by atoms with van der Waals surface area (Å²) in [5.41, 5.74) is -0.125. The van der Waals surface area contributed by atoms with Crippen LogP contribution in [0.25, 0.3) is 0 Å². The Kier molecular flexibility index (Phi) is 2.69. The lowest BCUT2D eigenvalue weighted by molar-refractivity contribution is -0.132. The Morgan fingerprint density at radius 3 is 2.50 bits per heavy atom. The van der Waals surface area contributed by atoms with Crippen LogP contribution in [0.1, 0.15) is 50.7 Å². The molecule has 4 heteroatoms. The first-order valence-electron chi connectivity index (χ1n) is 7.88. The largest absolute Gasteiger partial charge is 0.360 e. The average Bonchev–Trinajstić information content (AvgIpc) is 2.68. The molecule has 1 aromatic heterocycles. The van der Waals surface area contributed by atoms with Gasteiger partial charge in [0, 0.05) is 6.07 Å². The highest BCUT2D eigenvalue weighted by Gasteiger charge is 2.52. The van der Waals surface area contributed by atoms with Crippen molar-refractivity contribution in [2.45, 2.75) is 51.9 Å². The number of aryl methyl sites for hydroxylation is 1. The zero-order valence-corrected chi connectivity index (χ0v) is 12.0. The molecule has 0 aliphatic heterocycles. The minimum absolute atomic E-state index is 0.125. The quantitative estimate of drug-likeness (QED) is 0.897. The summed E-state index contributed by atoms with van der Waals surface area (Å²) in [6, 6.07) is 1.80. The fourth-order valence-corrected chi connectivity index (χ4v) is 5.14. The maximum absolute atomic E-state index is 12.8. The van der Waals surface area contributed by atoms with E-state index < -0.39 is 0 Å². The van der Waals surface area contributed by atoms with Gasteiger partial charge in [-0.1, -0.05) is 18.0 Å². The molecule has 4 aliphatic rings. The van der Waals surface area contributed by atoms with Crippen molar-refractivity contribution in [3.05, 3.63) is 11.8 Å². The van der Waals surface area contributed by atoms with Gasteiger partial charge in [0.25, 0.3) is 0 Å². The molecule has 0 radical (unpaired) electrons. The summed E-state index contributed by atoms with van der Waals surface area (Å²) in [5, 5.41) is 6.90. The first-order valence-corrected chi connectivity index (χ1v) is 7.88. The lowest BCUT2D eigenvalue weighted by Crippen LogP contribution is -2.46. The topological polar surface area (TPSA) is 55.1 Å². The SMILES string of the molecule is Cc1cc(NC(=O)C23CC4C[C@@H](CC[C@@H](C4)C2)C3)no1. The third-order valence-corrected chi connectivity index (χ3v) is 5.71. The zero-order chi connectivity index (χ0) is 13.7. The lowest BCUT2D eigenvalue weighted by Gasteiger charge is -2.46. The summed E-state index contributed by atoms with van der Waals surface area (Å²) in [4.78, 5) is 12.8. The maximum atomic E-state index is 12.8. The molecule has 5 rings (SSSR count). The van der Waals surface area contributed by atoms with Crippen LogP contribution < -0.4 is 5.32 Å². The van der Waals surface area contributed by atoms with Crippen LogP contribution in [0.2, 0.25) is 0 Å². The van der Waals surface area contributed by atoms with Gasteiger partial charge in [-0.3, -0.25) is 4.79 Å². The summed E-state index contributed by atoms with van der Waals surface area (Å²) in [7, 11) is 0. The van der Waals surface area contributed by atoms with Gasteiger partial charge >= 0.3 is 0 Å². The Bertz CT molecular complexity index is 520. The summed E-state index contributed by atoms with van der Waals surface area (Å²) in [5.74, 6) is 3.81. The third-order valence-electron chi connectivity index (χ3n) is 5.71. The van der Waals surface area contributed by atoms with Gasteiger partial charge in [-0.2, -0.15) is 0 Å². The van der Waals surface area contributed by atoms with Gasteiger partial charge in [-0.25, -0.2) is 0 Å². The van der Waals surface area contributed by atoms with Crippen LogP contribution in [0, 0.1) is 30.1 Å². The van der Waals surface area contributed by atoms with Gasteiger partial charge < -0.3 is 9.84 Å². The van der Waals surface area contributed by atoms with E-state index >= 15 is 0 Å². The van der Waals surface area contributed by atoms with Crippen LogP contribution in [-0.2, 0) is 4.79 Å². The van der Waals surface area contributed by atoms with Crippen molar-refractivity contribution in [2.24, 2.45) is 23.2 Å². The van der Waals surface area contributed by atoms with Crippen LogP contribution in [0.3, 0.4) is 0 Å². The van der Waals surface area contributed by atoms with Gasteiger partial charge in [0.05, 0.1) is 5.41 Å². The smallest absolute Gasteiger partial charge is 0.231 e. The van der Waals surface area contributed by atoms with E-state index in [0.717, 1.165) is 42.8 Å².